The molecule has 32 heavy (non-hydrogen) atoms. The molecule has 2 fully saturated rings. The van der Waals surface area contributed by atoms with Crippen LogP contribution in [0.2, 0.25) is 0 Å². The number of anilines is 1. The van der Waals surface area contributed by atoms with E-state index in [1.165, 1.54) is 9.30 Å². The van der Waals surface area contributed by atoms with Crippen LogP contribution in [0.25, 0.3) is 11.7 Å². The van der Waals surface area contributed by atoms with E-state index in [0.29, 0.717) is 38.6 Å². The summed E-state index contributed by atoms with van der Waals surface area (Å²) in [6, 6.07) is 5.40. The van der Waals surface area contributed by atoms with Gasteiger partial charge in [0.15, 0.2) is 0 Å². The number of nitrogens with zero attached hydrogens (tertiary/aromatic N) is 4. The van der Waals surface area contributed by atoms with Crippen LogP contribution >= 0.6 is 24.0 Å². The van der Waals surface area contributed by atoms with Gasteiger partial charge in [0, 0.05) is 32.3 Å². The smallest absolute Gasteiger partial charge is 0.303 e. The highest BCUT2D eigenvalue weighted by Crippen LogP contribution is 2.34. The van der Waals surface area contributed by atoms with Crippen LogP contribution < -0.4 is 10.5 Å². The summed E-state index contributed by atoms with van der Waals surface area (Å²) < 4.78 is 1.85. The fraction of sp³-hybridized carbons (Fsp3) is 0.409. The molecule has 0 radical (unpaired) electrons. The van der Waals surface area contributed by atoms with Crippen molar-refractivity contribution < 1.29 is 14.7 Å². The maximum Gasteiger partial charge on any atom is 0.303 e. The highest BCUT2D eigenvalue weighted by Gasteiger charge is 2.33. The first kappa shape index (κ1) is 22.5. The average Bonchev–Trinajstić information content (AvgIpc) is 3.03. The molecule has 1 N–H and O–H groups in total. The number of piperidine rings is 1. The third-order valence-corrected chi connectivity index (χ3v) is 7.13. The molecular weight excluding hydrogens is 448 g/mol. The summed E-state index contributed by atoms with van der Waals surface area (Å²) in [7, 11) is 0. The number of carbonyl (C=O) groups excluding carboxylic acids is 1. The number of carbonyl (C=O) groups is 2. The number of hydrogen-bond acceptors (Lipinski definition) is 7. The second-order valence-electron chi connectivity index (χ2n) is 8.08. The van der Waals surface area contributed by atoms with Gasteiger partial charge < -0.3 is 10.0 Å². The summed E-state index contributed by atoms with van der Waals surface area (Å²) in [5, 5.41) is 8.85. The van der Waals surface area contributed by atoms with Gasteiger partial charge in [-0.15, -0.1) is 0 Å². The van der Waals surface area contributed by atoms with Crippen molar-refractivity contribution in [3.8, 4) is 0 Å². The van der Waals surface area contributed by atoms with Gasteiger partial charge in [0.25, 0.3) is 11.5 Å². The van der Waals surface area contributed by atoms with Gasteiger partial charge in [-0.25, -0.2) is 4.98 Å². The molecule has 4 heterocycles. The van der Waals surface area contributed by atoms with Crippen molar-refractivity contribution >= 4 is 57.7 Å². The molecule has 0 aromatic carbocycles. The quantitative estimate of drug-likeness (QED) is 0.506. The molecule has 2 saturated heterocycles. The number of aromatic nitrogens is 2. The first-order chi connectivity index (χ1) is 15.3. The Kier molecular flexibility index (Phi) is 6.61. The average molecular weight is 473 g/mol. The summed E-state index contributed by atoms with van der Waals surface area (Å²) in [5.74, 6) is -0.00884. The SMILES string of the molecule is CC1CCN(c2nc3ccccn3c(=O)c2/C=C2\SC(=S)N(CCCC(=O)O)C2=O)CC1. The molecule has 8 nitrogen and oxygen atoms in total. The van der Waals surface area contributed by atoms with Crippen molar-refractivity contribution in [1.82, 2.24) is 14.3 Å². The third kappa shape index (κ3) is 4.56. The number of fused-ring (bicyclic) bond motifs is 1. The molecule has 0 bridgehead atoms. The van der Waals surface area contributed by atoms with Crippen molar-refractivity contribution in [2.75, 3.05) is 24.5 Å². The van der Waals surface area contributed by atoms with Gasteiger partial charge in [-0.2, -0.15) is 0 Å². The standard InChI is InChI=1S/C22H24N4O4S2/c1-14-7-11-24(12-8-14)19-15(20(29)25-9-3-2-5-17(25)23-19)13-16-21(30)26(22(31)32-16)10-4-6-18(27)28/h2-3,5,9,13-14H,4,6-8,10-12H2,1H3,(H,27,28)/b16-13-. The van der Waals surface area contributed by atoms with E-state index in [-0.39, 0.29) is 24.4 Å². The fourth-order valence-corrected chi connectivity index (χ4v) is 5.18. The Morgan fingerprint density at radius 1 is 1.31 bits per heavy atom. The van der Waals surface area contributed by atoms with Crippen LogP contribution in [0.1, 0.15) is 38.2 Å². The summed E-state index contributed by atoms with van der Waals surface area (Å²) in [6.07, 6.45) is 5.57. The van der Waals surface area contributed by atoms with Crippen LogP contribution in [-0.2, 0) is 9.59 Å². The van der Waals surface area contributed by atoms with Crippen LogP contribution in [0.3, 0.4) is 0 Å². The van der Waals surface area contributed by atoms with Gasteiger partial charge in [-0.05, 0) is 43.4 Å². The molecule has 0 spiro atoms. The third-order valence-electron chi connectivity index (χ3n) is 5.75. The molecule has 10 heteroatoms. The molecule has 2 aliphatic heterocycles. The number of amides is 1. The Morgan fingerprint density at radius 2 is 2.06 bits per heavy atom. The number of hydrogen-bond donors (Lipinski definition) is 1. The van der Waals surface area contributed by atoms with Gasteiger partial charge in [-0.3, -0.25) is 23.7 Å². The molecule has 0 aliphatic carbocycles. The monoisotopic (exact) mass is 472 g/mol. The number of carboxylic acid groups (broad SMARTS) is 1. The topological polar surface area (TPSA) is 95.2 Å². The van der Waals surface area contributed by atoms with Crippen LogP contribution in [0.4, 0.5) is 5.82 Å². The van der Waals surface area contributed by atoms with E-state index >= 15 is 0 Å². The highest BCUT2D eigenvalue weighted by atomic mass is 32.2. The van der Waals surface area contributed by atoms with Crippen molar-refractivity contribution in [2.45, 2.75) is 32.6 Å². The van der Waals surface area contributed by atoms with E-state index < -0.39 is 5.97 Å². The Bertz CT molecular complexity index is 1170. The Balaban J connectivity index is 1.72. The molecule has 2 aromatic rings. The summed E-state index contributed by atoms with van der Waals surface area (Å²) in [6.45, 7) is 4.05. The highest BCUT2D eigenvalue weighted by molar-refractivity contribution is 8.26. The lowest BCUT2D eigenvalue weighted by molar-refractivity contribution is -0.137. The molecular formula is C22H24N4O4S2. The second kappa shape index (κ2) is 9.41. The van der Waals surface area contributed by atoms with Crippen molar-refractivity contribution in [1.29, 1.82) is 0 Å². The summed E-state index contributed by atoms with van der Waals surface area (Å²) in [5.41, 5.74) is 0.694. The first-order valence-electron chi connectivity index (χ1n) is 10.6. The van der Waals surface area contributed by atoms with E-state index in [4.69, 9.17) is 22.3 Å². The Labute approximate surface area is 194 Å². The maximum absolute atomic E-state index is 13.4. The molecule has 4 rings (SSSR count). The number of aliphatic carboxylic acids is 1. The molecule has 0 atom stereocenters. The molecule has 1 amide bonds. The van der Waals surface area contributed by atoms with E-state index in [2.05, 4.69) is 11.8 Å². The normalized spacial score (nSPS) is 18.8. The lowest BCUT2D eigenvalue weighted by atomic mass is 9.99. The number of carboxylic acids is 1. The van der Waals surface area contributed by atoms with Gasteiger partial charge in [0.05, 0.1) is 10.5 Å². The molecule has 0 unspecified atom stereocenters. The number of rotatable bonds is 6. The minimum atomic E-state index is -0.915. The van der Waals surface area contributed by atoms with Crippen molar-refractivity contribution in [3.05, 3.63) is 45.2 Å². The maximum atomic E-state index is 13.4. The second-order valence-corrected chi connectivity index (χ2v) is 9.76. The van der Waals surface area contributed by atoms with Gasteiger partial charge in [-0.1, -0.05) is 37.0 Å². The predicted octanol–water partition coefficient (Wildman–Crippen LogP) is 3.00. The zero-order valence-electron chi connectivity index (χ0n) is 17.7. The van der Waals surface area contributed by atoms with E-state index in [0.717, 1.165) is 37.7 Å². The zero-order valence-corrected chi connectivity index (χ0v) is 19.3. The number of pyridine rings is 1. The van der Waals surface area contributed by atoms with Crippen LogP contribution in [0, 0.1) is 5.92 Å². The Morgan fingerprint density at radius 3 is 2.78 bits per heavy atom. The van der Waals surface area contributed by atoms with E-state index in [1.54, 1.807) is 24.4 Å². The van der Waals surface area contributed by atoms with Gasteiger partial charge in [0.2, 0.25) is 0 Å². The number of thioether (sulfide) groups is 1. The summed E-state index contributed by atoms with van der Waals surface area (Å²) >= 11 is 6.47. The number of thiocarbonyl (C=S) groups is 1. The van der Waals surface area contributed by atoms with Gasteiger partial charge in [0.1, 0.15) is 15.8 Å². The largest absolute Gasteiger partial charge is 0.481 e. The molecule has 2 aromatic heterocycles. The fourth-order valence-electron chi connectivity index (χ4n) is 3.89. The van der Waals surface area contributed by atoms with Crippen LogP contribution in [0.5, 0.6) is 0 Å². The van der Waals surface area contributed by atoms with Gasteiger partial charge >= 0.3 is 5.97 Å². The lowest BCUT2D eigenvalue weighted by Gasteiger charge is -2.32. The lowest BCUT2D eigenvalue weighted by Crippen LogP contribution is -2.36. The summed E-state index contributed by atoms with van der Waals surface area (Å²) in [4.78, 5) is 45.8. The first-order valence-corrected chi connectivity index (χ1v) is 11.8. The van der Waals surface area contributed by atoms with E-state index in [1.807, 2.05) is 6.07 Å². The minimum absolute atomic E-state index is 0.0381. The van der Waals surface area contributed by atoms with Crippen molar-refractivity contribution in [2.24, 2.45) is 5.92 Å². The van der Waals surface area contributed by atoms with E-state index in [9.17, 15) is 14.4 Å². The molecule has 168 valence electrons. The Hall–Kier alpha value is -2.72. The zero-order chi connectivity index (χ0) is 22.8. The minimum Gasteiger partial charge on any atom is -0.481 e. The van der Waals surface area contributed by atoms with Crippen LogP contribution in [-0.4, -0.2) is 55.2 Å². The molecule has 0 saturated carbocycles. The van der Waals surface area contributed by atoms with Crippen LogP contribution in [0.15, 0.2) is 34.1 Å². The van der Waals surface area contributed by atoms with Crippen molar-refractivity contribution in [3.63, 3.8) is 0 Å². The predicted molar refractivity (Wildman–Crippen MR) is 129 cm³/mol. The molecule has 2 aliphatic rings.